The predicted octanol–water partition coefficient (Wildman–Crippen LogP) is 6.57. The standard InChI is InChI=1S/C38H49ClN8O4S2/c1-45(2)20-17-30(27-52-32-10-5-4-6-11-32)42-35-14-13-33(25-36(35)43-48)53(49,50)44-37(41-28-40)47-23-21-46(22-24-47)31-15-18-38(51-3,19-16-31)26-29-9-7-8-12-34(29)39/h4-14,25,30-31,42H,15-24,26-27H2,1-3H3,(H,41,44)/t30-,31?,38?/m1/s1. The predicted molar refractivity (Wildman–Crippen MR) is 213 cm³/mol. The van der Waals surface area contributed by atoms with E-state index in [1.807, 2.05) is 56.7 Å². The lowest BCUT2D eigenvalue weighted by Gasteiger charge is -2.45. The SMILES string of the molecule is COC1(Cc2ccccc2Cl)CCC(N2CCN(C(=NS(=O)(=O)c3ccc(N[C@H](CCN(C)C)CSc4ccccc4)c(N=O)c3)NC#N)CC2)CC1. The van der Waals surface area contributed by atoms with Gasteiger partial charge in [0.25, 0.3) is 10.0 Å². The Hall–Kier alpha value is -3.71. The van der Waals surface area contributed by atoms with Crippen molar-refractivity contribution in [2.75, 3.05) is 65.0 Å². The molecule has 12 nitrogen and oxygen atoms in total. The number of nitroso groups, excluding NO2 is 1. The summed E-state index contributed by atoms with van der Waals surface area (Å²) in [5, 5.41) is 19.4. The van der Waals surface area contributed by atoms with Crippen molar-refractivity contribution in [3.05, 3.63) is 88.3 Å². The summed E-state index contributed by atoms with van der Waals surface area (Å²) >= 11 is 8.17. The summed E-state index contributed by atoms with van der Waals surface area (Å²) in [6.07, 6.45) is 7.19. The molecule has 0 aromatic heterocycles. The van der Waals surface area contributed by atoms with Gasteiger partial charge in [0, 0.05) is 67.5 Å². The van der Waals surface area contributed by atoms with E-state index in [2.05, 4.69) is 48.2 Å². The molecule has 15 heteroatoms. The number of hydrogen-bond acceptors (Lipinski definition) is 10. The molecule has 0 radical (unpaired) electrons. The molecule has 1 aliphatic carbocycles. The van der Waals surface area contributed by atoms with Gasteiger partial charge in [-0.05, 0) is 99.9 Å². The van der Waals surface area contributed by atoms with Crippen molar-refractivity contribution in [1.29, 1.82) is 5.26 Å². The molecular formula is C38H49ClN8O4S2. The summed E-state index contributed by atoms with van der Waals surface area (Å²) < 4.78 is 37.3. The zero-order valence-electron chi connectivity index (χ0n) is 30.6. The van der Waals surface area contributed by atoms with Gasteiger partial charge in [-0.25, -0.2) is 0 Å². The van der Waals surface area contributed by atoms with E-state index in [0.29, 0.717) is 37.9 Å². The summed E-state index contributed by atoms with van der Waals surface area (Å²) in [7, 11) is 1.49. The van der Waals surface area contributed by atoms with Gasteiger partial charge >= 0.3 is 0 Å². The Bertz CT molecular complexity index is 1840. The van der Waals surface area contributed by atoms with E-state index >= 15 is 0 Å². The molecule has 1 saturated carbocycles. The highest BCUT2D eigenvalue weighted by Gasteiger charge is 2.38. The molecule has 2 aliphatic rings. The lowest BCUT2D eigenvalue weighted by Crippen LogP contribution is -2.55. The van der Waals surface area contributed by atoms with E-state index in [1.165, 1.54) is 12.1 Å². The van der Waals surface area contributed by atoms with Gasteiger partial charge in [0.2, 0.25) is 5.96 Å². The van der Waals surface area contributed by atoms with Crippen LogP contribution < -0.4 is 10.6 Å². The Morgan fingerprint density at radius 2 is 1.77 bits per heavy atom. The lowest BCUT2D eigenvalue weighted by atomic mass is 9.77. The van der Waals surface area contributed by atoms with Crippen LogP contribution >= 0.6 is 23.4 Å². The van der Waals surface area contributed by atoms with Gasteiger partial charge in [0.15, 0.2) is 6.19 Å². The average molecular weight is 781 g/mol. The molecule has 3 aromatic rings. The lowest BCUT2D eigenvalue weighted by molar-refractivity contribution is -0.0576. The topological polar surface area (TPSA) is 143 Å². The summed E-state index contributed by atoms with van der Waals surface area (Å²) in [6.45, 7) is 3.19. The van der Waals surface area contributed by atoms with Crippen LogP contribution in [0.1, 0.15) is 37.7 Å². The Kier molecular flexibility index (Phi) is 14.5. The van der Waals surface area contributed by atoms with E-state index in [1.54, 1.807) is 29.8 Å². The van der Waals surface area contributed by atoms with Crippen LogP contribution in [0, 0.1) is 16.4 Å². The highest BCUT2D eigenvalue weighted by atomic mass is 35.5. The molecule has 0 amide bonds. The van der Waals surface area contributed by atoms with Crippen LogP contribution in [-0.4, -0.2) is 106 Å². The highest BCUT2D eigenvalue weighted by molar-refractivity contribution is 7.99. The summed E-state index contributed by atoms with van der Waals surface area (Å²) in [5.74, 6) is 0.688. The third-order valence-corrected chi connectivity index (χ3v) is 12.9. The van der Waals surface area contributed by atoms with E-state index < -0.39 is 10.0 Å². The van der Waals surface area contributed by atoms with Gasteiger partial charge in [0.05, 0.1) is 16.2 Å². The van der Waals surface area contributed by atoms with Crippen LogP contribution in [0.2, 0.25) is 5.02 Å². The van der Waals surface area contributed by atoms with Crippen LogP contribution in [0.15, 0.2) is 92.2 Å². The van der Waals surface area contributed by atoms with Gasteiger partial charge in [-0.15, -0.1) is 21.1 Å². The molecule has 5 rings (SSSR count). The summed E-state index contributed by atoms with van der Waals surface area (Å²) in [6, 6.07) is 22.5. The number of rotatable bonds is 15. The number of hydrogen-bond donors (Lipinski definition) is 2. The monoisotopic (exact) mass is 780 g/mol. The quantitative estimate of drug-likeness (QED) is 0.0432. The number of benzene rings is 3. The first-order valence-corrected chi connectivity index (χ1v) is 20.7. The molecule has 0 unspecified atom stereocenters. The first kappa shape index (κ1) is 40.5. The largest absolute Gasteiger partial charge is 0.380 e. The van der Waals surface area contributed by atoms with Gasteiger partial charge < -0.3 is 19.9 Å². The number of sulfonamides is 1. The summed E-state index contributed by atoms with van der Waals surface area (Å²) in [4.78, 5) is 19.3. The Morgan fingerprint density at radius 3 is 2.42 bits per heavy atom. The third-order valence-electron chi connectivity index (χ3n) is 10.1. The molecular weight excluding hydrogens is 732 g/mol. The van der Waals surface area contributed by atoms with Crippen LogP contribution in [0.5, 0.6) is 0 Å². The fourth-order valence-electron chi connectivity index (χ4n) is 7.02. The zero-order valence-corrected chi connectivity index (χ0v) is 33.0. The molecule has 2 N–H and O–H groups in total. The maximum absolute atomic E-state index is 13.6. The Balaban J connectivity index is 1.22. The normalized spacial score (nSPS) is 20.5. The number of nitriles is 1. The average Bonchev–Trinajstić information content (AvgIpc) is 3.17. The van der Waals surface area contributed by atoms with Crippen LogP contribution in [0.3, 0.4) is 0 Å². The number of ether oxygens (including phenoxy) is 1. The number of nitrogens with zero attached hydrogens (tertiary/aromatic N) is 6. The van der Waals surface area contributed by atoms with Crippen molar-refractivity contribution in [3.8, 4) is 6.19 Å². The number of anilines is 1. The maximum atomic E-state index is 13.6. The number of halogens is 1. The maximum Gasteiger partial charge on any atom is 0.285 e. The van der Waals surface area contributed by atoms with Gasteiger partial charge in [-0.2, -0.15) is 13.7 Å². The summed E-state index contributed by atoms with van der Waals surface area (Å²) in [5.41, 5.74) is 1.26. The van der Waals surface area contributed by atoms with Crippen LogP contribution in [0.4, 0.5) is 11.4 Å². The van der Waals surface area contributed by atoms with Crippen molar-refractivity contribution < 1.29 is 13.2 Å². The molecule has 2 fully saturated rings. The van der Waals surface area contributed by atoms with E-state index in [9.17, 15) is 18.6 Å². The van der Waals surface area contributed by atoms with Gasteiger partial charge in [0.1, 0.15) is 5.69 Å². The Labute approximate surface area is 322 Å². The first-order valence-electron chi connectivity index (χ1n) is 17.9. The molecule has 3 aromatic carbocycles. The second-order valence-electron chi connectivity index (χ2n) is 13.9. The molecule has 0 bridgehead atoms. The number of methoxy groups -OCH3 is 1. The fourth-order valence-corrected chi connectivity index (χ4v) is 9.22. The van der Waals surface area contributed by atoms with E-state index in [-0.39, 0.29) is 28.2 Å². The van der Waals surface area contributed by atoms with Crippen LogP contribution in [0.25, 0.3) is 0 Å². The van der Waals surface area contributed by atoms with Crippen molar-refractivity contribution in [2.45, 2.75) is 66.0 Å². The number of piperazine rings is 1. The van der Waals surface area contributed by atoms with Crippen molar-refractivity contribution in [3.63, 3.8) is 0 Å². The third kappa shape index (κ3) is 11.2. The molecule has 53 heavy (non-hydrogen) atoms. The minimum atomic E-state index is -4.30. The molecule has 284 valence electrons. The number of thioether (sulfide) groups is 1. The molecule has 1 atom stereocenters. The van der Waals surface area contributed by atoms with Crippen molar-refractivity contribution in [1.82, 2.24) is 20.0 Å². The van der Waals surface area contributed by atoms with Gasteiger partial charge in [-0.1, -0.05) is 48.0 Å². The Morgan fingerprint density at radius 1 is 1.08 bits per heavy atom. The molecule has 1 aliphatic heterocycles. The first-order chi connectivity index (χ1) is 25.5. The number of nitrogens with one attached hydrogen (secondary N) is 2. The van der Waals surface area contributed by atoms with Gasteiger partial charge in [-0.3, -0.25) is 10.2 Å². The molecule has 1 heterocycles. The smallest absolute Gasteiger partial charge is 0.285 e. The highest BCUT2D eigenvalue weighted by Crippen LogP contribution is 2.38. The van der Waals surface area contributed by atoms with Crippen molar-refractivity contribution >= 4 is 50.7 Å². The van der Waals surface area contributed by atoms with E-state index in [4.69, 9.17) is 16.3 Å². The minimum absolute atomic E-state index is 0.0156. The van der Waals surface area contributed by atoms with E-state index in [0.717, 1.165) is 66.3 Å². The second-order valence-corrected chi connectivity index (χ2v) is 17.0. The van der Waals surface area contributed by atoms with Crippen molar-refractivity contribution in [2.24, 2.45) is 9.57 Å². The minimum Gasteiger partial charge on any atom is -0.380 e. The fraction of sp³-hybridized carbons (Fsp3) is 0.474. The number of guanidine groups is 1. The molecule has 1 saturated heterocycles. The van der Waals surface area contributed by atoms with Crippen LogP contribution in [-0.2, 0) is 21.2 Å². The second kappa shape index (κ2) is 19.1. The zero-order chi connectivity index (χ0) is 37.8. The molecule has 0 spiro atoms.